The second-order valence-corrected chi connectivity index (χ2v) is 10.3. The average Bonchev–Trinajstić information content (AvgIpc) is 2.94. The molecule has 0 saturated heterocycles. The molecule has 6 heteroatoms. The number of methoxy groups -OCH3 is 4. The van der Waals surface area contributed by atoms with Crippen molar-refractivity contribution >= 4 is 0 Å². The minimum Gasteiger partial charge on any atom is -0.507 e. The van der Waals surface area contributed by atoms with Crippen LogP contribution in [0.5, 0.6) is 23.0 Å². The van der Waals surface area contributed by atoms with Crippen molar-refractivity contribution in [2.75, 3.05) is 28.4 Å². The first-order chi connectivity index (χ1) is 19.4. The molecule has 1 aliphatic carbocycles. The summed E-state index contributed by atoms with van der Waals surface area (Å²) in [5.74, 6) is 2.02. The number of phenols is 2. The summed E-state index contributed by atoms with van der Waals surface area (Å²) in [6.45, 7) is 0.874. The van der Waals surface area contributed by atoms with Gasteiger partial charge in [-0.3, -0.25) is 0 Å². The number of benzene rings is 4. The number of hydrogen-bond donors (Lipinski definition) is 2. The molecule has 0 aromatic heterocycles. The highest BCUT2D eigenvalue weighted by atomic mass is 16.5. The summed E-state index contributed by atoms with van der Waals surface area (Å²) in [5, 5.41) is 23.0. The van der Waals surface area contributed by atoms with Crippen molar-refractivity contribution in [1.29, 1.82) is 0 Å². The highest BCUT2D eigenvalue weighted by molar-refractivity contribution is 5.56. The van der Waals surface area contributed by atoms with Gasteiger partial charge in [-0.25, -0.2) is 0 Å². The summed E-state index contributed by atoms with van der Waals surface area (Å²) in [6.07, 6.45) is 1.91. The molecule has 0 amide bonds. The third-order valence-electron chi connectivity index (χ3n) is 7.57. The number of rotatable bonds is 6. The molecule has 0 saturated carbocycles. The molecule has 40 heavy (non-hydrogen) atoms. The first-order valence-electron chi connectivity index (χ1n) is 13.4. The topological polar surface area (TPSA) is 77.4 Å². The van der Waals surface area contributed by atoms with Crippen LogP contribution in [0.3, 0.4) is 0 Å². The fourth-order valence-electron chi connectivity index (χ4n) is 5.88. The SMILES string of the molecule is COCc1cc2c(O)c(c1)Cc1cccc(c1OC)Cc1cc(COC)cc(c1O)Cc1cccc(c1OC)C2. The lowest BCUT2D eigenvalue weighted by molar-refractivity contribution is 0.184. The van der Waals surface area contributed by atoms with Crippen LogP contribution in [-0.2, 0) is 48.4 Å². The molecule has 8 bridgehead atoms. The summed E-state index contributed by atoms with van der Waals surface area (Å²) < 4.78 is 22.8. The largest absolute Gasteiger partial charge is 0.507 e. The van der Waals surface area contributed by atoms with E-state index in [0.717, 1.165) is 67.1 Å². The Morgan fingerprint density at radius 1 is 0.500 bits per heavy atom. The van der Waals surface area contributed by atoms with E-state index in [9.17, 15) is 10.2 Å². The van der Waals surface area contributed by atoms with E-state index < -0.39 is 0 Å². The van der Waals surface area contributed by atoms with Gasteiger partial charge in [0, 0.05) is 39.9 Å². The Morgan fingerprint density at radius 3 is 1.05 bits per heavy atom. The van der Waals surface area contributed by atoms with Crippen LogP contribution in [0.15, 0.2) is 60.7 Å². The van der Waals surface area contributed by atoms with Gasteiger partial charge in [0.05, 0.1) is 27.4 Å². The van der Waals surface area contributed by atoms with E-state index in [1.165, 1.54) is 0 Å². The molecule has 0 atom stereocenters. The molecule has 2 N–H and O–H groups in total. The van der Waals surface area contributed by atoms with Crippen LogP contribution in [0.2, 0.25) is 0 Å². The minimum atomic E-state index is 0.263. The maximum atomic E-state index is 11.5. The highest BCUT2D eigenvalue weighted by Gasteiger charge is 2.21. The Kier molecular flexibility index (Phi) is 8.29. The zero-order valence-corrected chi connectivity index (χ0v) is 23.5. The molecule has 0 spiro atoms. The van der Waals surface area contributed by atoms with Gasteiger partial charge in [0.1, 0.15) is 23.0 Å². The Hall–Kier alpha value is -4.00. The Labute approximate surface area is 235 Å². The molecule has 208 valence electrons. The van der Waals surface area contributed by atoms with E-state index >= 15 is 0 Å². The molecule has 0 fully saturated rings. The molecule has 0 heterocycles. The summed E-state index contributed by atoms with van der Waals surface area (Å²) in [5.41, 5.74) is 8.99. The number of hydrogen-bond acceptors (Lipinski definition) is 6. The van der Waals surface area contributed by atoms with Gasteiger partial charge in [0.25, 0.3) is 0 Å². The normalized spacial score (nSPS) is 12.7. The van der Waals surface area contributed by atoms with Gasteiger partial charge in [-0.1, -0.05) is 36.4 Å². The van der Waals surface area contributed by atoms with Crippen molar-refractivity contribution in [3.05, 3.63) is 116 Å². The van der Waals surface area contributed by atoms with E-state index in [4.69, 9.17) is 18.9 Å². The Bertz CT molecular complexity index is 1320. The molecule has 0 unspecified atom stereocenters. The number of para-hydroxylation sites is 2. The molecule has 5 rings (SSSR count). The maximum Gasteiger partial charge on any atom is 0.125 e. The van der Waals surface area contributed by atoms with Crippen LogP contribution in [0.4, 0.5) is 0 Å². The van der Waals surface area contributed by atoms with Gasteiger partial charge in [-0.15, -0.1) is 0 Å². The molecule has 4 aromatic carbocycles. The average molecular weight is 541 g/mol. The number of ether oxygens (including phenoxy) is 4. The summed E-state index contributed by atoms with van der Waals surface area (Å²) in [4.78, 5) is 0. The third-order valence-corrected chi connectivity index (χ3v) is 7.57. The van der Waals surface area contributed by atoms with Crippen molar-refractivity contribution < 1.29 is 29.2 Å². The molecule has 6 nitrogen and oxygen atoms in total. The summed E-state index contributed by atoms with van der Waals surface area (Å²) >= 11 is 0. The zero-order chi connectivity index (χ0) is 28.2. The number of fused-ring (bicyclic) bond motifs is 8. The lowest BCUT2D eigenvalue weighted by Crippen LogP contribution is -2.05. The molecule has 1 aliphatic rings. The fourth-order valence-corrected chi connectivity index (χ4v) is 5.88. The van der Waals surface area contributed by atoms with Gasteiger partial charge in [0.2, 0.25) is 0 Å². The van der Waals surface area contributed by atoms with Gasteiger partial charge in [-0.2, -0.15) is 0 Å². The lowest BCUT2D eigenvalue weighted by Gasteiger charge is -2.20. The van der Waals surface area contributed by atoms with Crippen LogP contribution in [0, 0.1) is 0 Å². The quantitative estimate of drug-likeness (QED) is 0.272. The summed E-state index contributed by atoms with van der Waals surface area (Å²) in [7, 11) is 6.68. The van der Waals surface area contributed by atoms with E-state index in [0.29, 0.717) is 38.9 Å². The van der Waals surface area contributed by atoms with Crippen LogP contribution < -0.4 is 9.47 Å². The van der Waals surface area contributed by atoms with E-state index in [2.05, 4.69) is 0 Å². The number of phenolic OH excluding ortho intramolecular Hbond substituents is 2. The van der Waals surface area contributed by atoms with Crippen LogP contribution in [0.1, 0.15) is 55.6 Å². The Balaban J connectivity index is 1.76. The second-order valence-electron chi connectivity index (χ2n) is 10.3. The third kappa shape index (κ3) is 5.51. The van der Waals surface area contributed by atoms with Crippen molar-refractivity contribution in [2.45, 2.75) is 38.9 Å². The van der Waals surface area contributed by atoms with Crippen LogP contribution in [0.25, 0.3) is 0 Å². The van der Waals surface area contributed by atoms with E-state index in [1.54, 1.807) is 28.4 Å². The predicted octanol–water partition coefficient (Wildman–Crippen LogP) is 6.08. The predicted molar refractivity (Wildman–Crippen MR) is 155 cm³/mol. The van der Waals surface area contributed by atoms with Gasteiger partial charge >= 0.3 is 0 Å². The van der Waals surface area contributed by atoms with Crippen LogP contribution in [-0.4, -0.2) is 38.7 Å². The second kappa shape index (κ2) is 12.0. The zero-order valence-electron chi connectivity index (χ0n) is 23.5. The Morgan fingerprint density at radius 2 is 0.800 bits per heavy atom. The fraction of sp³-hybridized carbons (Fsp3) is 0.294. The van der Waals surface area contributed by atoms with Gasteiger partial charge in [0.15, 0.2) is 0 Å². The van der Waals surface area contributed by atoms with Crippen molar-refractivity contribution in [2.24, 2.45) is 0 Å². The van der Waals surface area contributed by atoms with Gasteiger partial charge in [-0.05, 0) is 79.9 Å². The van der Waals surface area contributed by atoms with Crippen molar-refractivity contribution in [3.63, 3.8) is 0 Å². The van der Waals surface area contributed by atoms with Crippen molar-refractivity contribution in [3.8, 4) is 23.0 Å². The van der Waals surface area contributed by atoms with E-state index in [1.807, 2.05) is 60.7 Å². The molecule has 0 aliphatic heterocycles. The van der Waals surface area contributed by atoms with Crippen molar-refractivity contribution in [1.82, 2.24) is 0 Å². The molecule has 0 radical (unpaired) electrons. The van der Waals surface area contributed by atoms with Gasteiger partial charge < -0.3 is 29.2 Å². The standard InChI is InChI=1S/C34H36O6/c1-37-19-21-11-27-15-23-7-5-9-25(33(23)39-3)17-29-13-22(20-38-2)14-30(32(29)36)18-26-10-6-8-24(34(26)40-4)16-28(12-21)31(27)35/h5-14,35-36H,15-20H2,1-4H3. The number of aromatic hydroxyl groups is 2. The lowest BCUT2D eigenvalue weighted by atomic mass is 9.90. The first-order valence-corrected chi connectivity index (χ1v) is 13.4. The monoisotopic (exact) mass is 540 g/mol. The molecule has 4 aromatic rings. The maximum absolute atomic E-state index is 11.5. The smallest absolute Gasteiger partial charge is 0.125 e. The summed E-state index contributed by atoms with van der Waals surface area (Å²) in [6, 6.07) is 20.1. The highest BCUT2D eigenvalue weighted by Crippen LogP contribution is 2.38. The molecular weight excluding hydrogens is 504 g/mol. The van der Waals surface area contributed by atoms with Crippen LogP contribution >= 0.6 is 0 Å². The molecular formula is C34H36O6. The van der Waals surface area contributed by atoms with E-state index in [-0.39, 0.29) is 11.5 Å². The first kappa shape index (κ1) is 27.6. The minimum absolute atomic E-state index is 0.263.